The average Bonchev–Trinajstić information content (AvgIpc) is 3.10. The molecule has 0 radical (unpaired) electrons. The van der Waals surface area contributed by atoms with Crippen molar-refractivity contribution in [1.29, 1.82) is 0 Å². The summed E-state index contributed by atoms with van der Waals surface area (Å²) < 4.78 is 0. The van der Waals surface area contributed by atoms with E-state index >= 15 is 0 Å². The maximum absolute atomic E-state index is 12.1. The monoisotopic (exact) mass is 317 g/mol. The maximum Gasteiger partial charge on any atom is 0.223 e. The van der Waals surface area contributed by atoms with Crippen LogP contribution in [0.1, 0.15) is 41.8 Å². The highest BCUT2D eigenvalue weighted by Crippen LogP contribution is 2.32. The minimum absolute atomic E-state index is 0.194. The topological polar surface area (TPSA) is 49.0 Å². The predicted molar refractivity (Wildman–Crippen MR) is 90.2 cm³/mol. The lowest BCUT2D eigenvalue weighted by Crippen LogP contribution is -2.29. The number of nitrogens with zero attached hydrogens (tertiary/aromatic N) is 2. The fraction of sp³-hybridized carbons (Fsp3) is 0.529. The Labute approximate surface area is 135 Å². The minimum Gasteiger partial charge on any atom is -0.342 e. The lowest BCUT2D eigenvalue weighted by atomic mass is 10.1. The molecule has 1 saturated heterocycles. The molecule has 0 aromatic carbocycles. The van der Waals surface area contributed by atoms with Crippen molar-refractivity contribution in [2.45, 2.75) is 40.0 Å². The standard InChI is InChI=1S/C17H23N3OS/c1-10(2)8-20-9-13(6-16(20)21)17-18-7-15(19-17)14-5-11(3)22-12(14)4/h5,7,10,13H,6,8-9H2,1-4H3,(H,18,19)/t13-/m0/s1. The molecule has 2 aromatic heterocycles. The molecule has 1 N–H and O–H groups in total. The molecule has 3 heterocycles. The molecule has 3 rings (SSSR count). The molecule has 5 heteroatoms. The third-order valence-electron chi connectivity index (χ3n) is 4.11. The van der Waals surface area contributed by atoms with Crippen LogP contribution in [0.15, 0.2) is 12.3 Å². The number of amides is 1. The van der Waals surface area contributed by atoms with Crippen LogP contribution < -0.4 is 0 Å². The molecule has 4 nitrogen and oxygen atoms in total. The van der Waals surface area contributed by atoms with Gasteiger partial charge in [-0.2, -0.15) is 0 Å². The maximum atomic E-state index is 12.1. The van der Waals surface area contributed by atoms with Gasteiger partial charge in [0.25, 0.3) is 0 Å². The van der Waals surface area contributed by atoms with E-state index in [1.165, 1.54) is 15.3 Å². The Balaban J connectivity index is 1.77. The molecule has 1 aliphatic rings. The molecule has 118 valence electrons. The molecule has 0 saturated carbocycles. The van der Waals surface area contributed by atoms with Crippen molar-refractivity contribution < 1.29 is 4.79 Å². The Bertz CT molecular complexity index is 686. The second-order valence-electron chi connectivity index (χ2n) is 6.60. The van der Waals surface area contributed by atoms with E-state index in [9.17, 15) is 4.79 Å². The van der Waals surface area contributed by atoms with E-state index < -0.39 is 0 Å². The Kier molecular flexibility index (Phi) is 4.08. The van der Waals surface area contributed by atoms with Crippen LogP contribution in [0, 0.1) is 19.8 Å². The summed E-state index contributed by atoms with van der Waals surface area (Å²) in [6.07, 6.45) is 2.47. The third kappa shape index (κ3) is 2.95. The number of thiophene rings is 1. The van der Waals surface area contributed by atoms with E-state index in [1.54, 1.807) is 11.3 Å². The average molecular weight is 317 g/mol. The van der Waals surface area contributed by atoms with Crippen molar-refractivity contribution in [3.05, 3.63) is 27.8 Å². The molecule has 0 aliphatic carbocycles. The van der Waals surface area contributed by atoms with Gasteiger partial charge in [-0.05, 0) is 25.8 Å². The van der Waals surface area contributed by atoms with E-state index in [1.807, 2.05) is 11.1 Å². The van der Waals surface area contributed by atoms with Gasteiger partial charge < -0.3 is 9.88 Å². The second kappa shape index (κ2) is 5.88. The molecule has 1 atom stereocenters. The van der Waals surface area contributed by atoms with E-state index in [2.05, 4.69) is 43.7 Å². The first-order valence-corrected chi connectivity index (χ1v) is 8.65. The van der Waals surface area contributed by atoms with Crippen LogP contribution in [0.4, 0.5) is 0 Å². The Hall–Kier alpha value is -1.62. The van der Waals surface area contributed by atoms with Gasteiger partial charge in [-0.3, -0.25) is 4.79 Å². The summed E-state index contributed by atoms with van der Waals surface area (Å²) in [6, 6.07) is 2.20. The van der Waals surface area contributed by atoms with Crippen molar-refractivity contribution >= 4 is 17.2 Å². The Morgan fingerprint density at radius 1 is 1.45 bits per heavy atom. The fourth-order valence-electron chi connectivity index (χ4n) is 3.15. The largest absolute Gasteiger partial charge is 0.342 e. The first kappa shape index (κ1) is 15.3. The summed E-state index contributed by atoms with van der Waals surface area (Å²) in [4.78, 5) is 24.7. The smallest absolute Gasteiger partial charge is 0.223 e. The molecule has 0 unspecified atom stereocenters. The molecule has 1 fully saturated rings. The summed E-state index contributed by atoms with van der Waals surface area (Å²) in [5.74, 6) is 1.89. The Morgan fingerprint density at radius 3 is 2.86 bits per heavy atom. The SMILES string of the molecule is Cc1cc(-c2cnc([C@H]3CC(=O)N(CC(C)C)C3)[nH]2)c(C)s1. The first-order chi connectivity index (χ1) is 10.4. The minimum atomic E-state index is 0.194. The fourth-order valence-corrected chi connectivity index (χ4v) is 4.09. The number of aromatic amines is 1. The molecular formula is C17H23N3OS. The number of likely N-dealkylation sites (tertiary alicyclic amines) is 1. The third-order valence-corrected chi connectivity index (χ3v) is 5.08. The zero-order valence-electron chi connectivity index (χ0n) is 13.6. The highest BCUT2D eigenvalue weighted by molar-refractivity contribution is 7.12. The van der Waals surface area contributed by atoms with Gasteiger partial charge in [0, 0.05) is 40.7 Å². The highest BCUT2D eigenvalue weighted by atomic mass is 32.1. The van der Waals surface area contributed by atoms with Crippen LogP contribution in [0.5, 0.6) is 0 Å². The first-order valence-electron chi connectivity index (χ1n) is 7.84. The number of hydrogen-bond donors (Lipinski definition) is 1. The molecule has 0 bridgehead atoms. The summed E-state index contributed by atoms with van der Waals surface area (Å²) >= 11 is 1.80. The second-order valence-corrected chi connectivity index (χ2v) is 8.06. The predicted octanol–water partition coefficient (Wildman–Crippen LogP) is 3.73. The number of carbonyl (C=O) groups excluding carboxylic acids is 1. The van der Waals surface area contributed by atoms with Gasteiger partial charge in [0.15, 0.2) is 0 Å². The quantitative estimate of drug-likeness (QED) is 0.934. The van der Waals surface area contributed by atoms with E-state index in [4.69, 9.17) is 0 Å². The van der Waals surface area contributed by atoms with E-state index in [0.717, 1.165) is 24.6 Å². The van der Waals surface area contributed by atoms with Crippen molar-refractivity contribution in [3.8, 4) is 11.3 Å². The zero-order chi connectivity index (χ0) is 15.9. The molecule has 22 heavy (non-hydrogen) atoms. The van der Waals surface area contributed by atoms with Crippen LogP contribution in [0.2, 0.25) is 0 Å². The molecule has 1 amide bonds. The Morgan fingerprint density at radius 2 is 2.23 bits per heavy atom. The van der Waals surface area contributed by atoms with Gasteiger partial charge in [0.2, 0.25) is 5.91 Å². The molecule has 1 aliphatic heterocycles. The number of H-pyrrole nitrogens is 1. The van der Waals surface area contributed by atoms with Crippen LogP contribution in [0.25, 0.3) is 11.3 Å². The van der Waals surface area contributed by atoms with Crippen molar-refractivity contribution in [2.24, 2.45) is 5.92 Å². The van der Waals surface area contributed by atoms with Crippen molar-refractivity contribution in [1.82, 2.24) is 14.9 Å². The van der Waals surface area contributed by atoms with Crippen molar-refractivity contribution in [3.63, 3.8) is 0 Å². The van der Waals surface area contributed by atoms with Gasteiger partial charge in [0.05, 0.1) is 11.9 Å². The number of imidazole rings is 1. The number of nitrogens with one attached hydrogen (secondary N) is 1. The number of hydrogen-bond acceptors (Lipinski definition) is 3. The van der Waals surface area contributed by atoms with Gasteiger partial charge in [-0.15, -0.1) is 11.3 Å². The molecule has 2 aromatic rings. The van der Waals surface area contributed by atoms with Crippen LogP contribution in [-0.2, 0) is 4.79 Å². The van der Waals surface area contributed by atoms with Gasteiger partial charge in [0.1, 0.15) is 5.82 Å². The zero-order valence-corrected chi connectivity index (χ0v) is 14.5. The molecular weight excluding hydrogens is 294 g/mol. The van der Waals surface area contributed by atoms with E-state index in [0.29, 0.717) is 12.3 Å². The number of aryl methyl sites for hydroxylation is 2. The van der Waals surface area contributed by atoms with Gasteiger partial charge >= 0.3 is 0 Å². The summed E-state index contributed by atoms with van der Waals surface area (Å²) in [7, 11) is 0. The van der Waals surface area contributed by atoms with Crippen LogP contribution in [0.3, 0.4) is 0 Å². The lowest BCUT2D eigenvalue weighted by molar-refractivity contribution is -0.128. The summed E-state index contributed by atoms with van der Waals surface area (Å²) in [6.45, 7) is 10.2. The van der Waals surface area contributed by atoms with Crippen LogP contribution in [-0.4, -0.2) is 33.9 Å². The van der Waals surface area contributed by atoms with Gasteiger partial charge in [-0.1, -0.05) is 13.8 Å². The molecule has 0 spiro atoms. The van der Waals surface area contributed by atoms with Gasteiger partial charge in [-0.25, -0.2) is 4.98 Å². The summed E-state index contributed by atoms with van der Waals surface area (Å²) in [5, 5.41) is 0. The summed E-state index contributed by atoms with van der Waals surface area (Å²) in [5.41, 5.74) is 2.29. The number of carbonyl (C=O) groups is 1. The highest BCUT2D eigenvalue weighted by Gasteiger charge is 2.32. The van der Waals surface area contributed by atoms with E-state index in [-0.39, 0.29) is 11.8 Å². The number of rotatable bonds is 4. The van der Waals surface area contributed by atoms with Crippen molar-refractivity contribution in [2.75, 3.05) is 13.1 Å². The normalized spacial score (nSPS) is 18.7. The van der Waals surface area contributed by atoms with Crippen LogP contribution >= 0.6 is 11.3 Å². The number of aromatic nitrogens is 2. The lowest BCUT2D eigenvalue weighted by Gasteiger charge is -2.18.